The highest BCUT2D eigenvalue weighted by Gasteiger charge is 2.24. The minimum atomic E-state index is -0.607. The number of anilines is 1. The van der Waals surface area contributed by atoms with Crippen molar-refractivity contribution in [3.05, 3.63) is 54.5 Å². The van der Waals surface area contributed by atoms with Gasteiger partial charge in [-0.1, -0.05) is 6.07 Å². The average molecular weight is 489 g/mol. The van der Waals surface area contributed by atoms with Crippen molar-refractivity contribution < 1.29 is 14.3 Å². The third-order valence-electron chi connectivity index (χ3n) is 5.98. The number of hydrogen-bond donors (Lipinski definition) is 1. The lowest BCUT2D eigenvalue weighted by Crippen LogP contribution is -2.23. The molecule has 1 amide bonds. The van der Waals surface area contributed by atoms with E-state index in [4.69, 9.17) is 15.5 Å². The van der Waals surface area contributed by atoms with Crippen LogP contribution < -0.4 is 5.73 Å². The van der Waals surface area contributed by atoms with Crippen LogP contribution in [-0.4, -0.2) is 50.2 Å². The molecular formula is C27H32N6O3. The Morgan fingerprint density at radius 3 is 2.53 bits per heavy atom. The number of carbonyl (C=O) groups excluding carboxylic acids is 2. The Hall–Kier alpha value is -4.14. The number of benzene rings is 1. The van der Waals surface area contributed by atoms with E-state index in [1.54, 1.807) is 38.6 Å². The van der Waals surface area contributed by atoms with Gasteiger partial charge >= 0.3 is 5.97 Å². The number of fused-ring (bicyclic) bond motifs is 1. The zero-order chi connectivity index (χ0) is 26.2. The molecule has 4 rings (SSSR count). The standard InChI is InChI=1S/C27H32N6O3/c1-7-33-23(10-11-30-33)21-15-32(16-36-26(35)27(2,3)4)24-19(21)13-18(14-29-24)17-8-9-22(28)20(12-17)25(34)31(5)6/h8-15H,7,16,28H2,1-6H3. The molecule has 9 heteroatoms. The third-order valence-corrected chi connectivity index (χ3v) is 5.98. The smallest absolute Gasteiger partial charge is 0.312 e. The van der Waals surface area contributed by atoms with Gasteiger partial charge in [-0.2, -0.15) is 5.10 Å². The molecule has 0 unspecified atom stereocenters. The molecule has 3 heterocycles. The molecule has 3 aromatic heterocycles. The van der Waals surface area contributed by atoms with Gasteiger partial charge in [0.25, 0.3) is 5.91 Å². The van der Waals surface area contributed by atoms with Crippen LogP contribution in [0.3, 0.4) is 0 Å². The Kier molecular flexibility index (Phi) is 6.58. The SMILES string of the molecule is CCn1nccc1-c1cn(COC(=O)C(C)(C)C)c2ncc(-c3ccc(N)c(C(=O)N(C)C)c3)cc12. The van der Waals surface area contributed by atoms with Crippen molar-refractivity contribution >= 4 is 28.6 Å². The molecule has 0 radical (unpaired) electrons. The maximum Gasteiger partial charge on any atom is 0.312 e. The molecule has 188 valence electrons. The molecule has 1 aromatic carbocycles. The van der Waals surface area contributed by atoms with Crippen LogP contribution in [0.2, 0.25) is 0 Å². The first-order valence-corrected chi connectivity index (χ1v) is 11.8. The molecule has 0 bridgehead atoms. The molecule has 0 atom stereocenters. The van der Waals surface area contributed by atoms with E-state index >= 15 is 0 Å². The second-order valence-electron chi connectivity index (χ2n) is 9.95. The van der Waals surface area contributed by atoms with Crippen LogP contribution in [-0.2, 0) is 22.8 Å². The van der Waals surface area contributed by atoms with Crippen molar-refractivity contribution in [2.24, 2.45) is 5.41 Å². The van der Waals surface area contributed by atoms with E-state index < -0.39 is 5.41 Å². The van der Waals surface area contributed by atoms with Crippen molar-refractivity contribution in [1.82, 2.24) is 24.2 Å². The predicted molar refractivity (Wildman–Crippen MR) is 140 cm³/mol. The van der Waals surface area contributed by atoms with E-state index in [1.807, 2.05) is 61.3 Å². The van der Waals surface area contributed by atoms with Crippen LogP contribution >= 0.6 is 0 Å². The van der Waals surface area contributed by atoms with Crippen molar-refractivity contribution in [3.8, 4) is 22.4 Å². The fraction of sp³-hybridized carbons (Fsp3) is 0.333. The zero-order valence-electron chi connectivity index (χ0n) is 21.6. The molecule has 0 aliphatic carbocycles. The quantitative estimate of drug-likeness (QED) is 0.318. The molecular weight excluding hydrogens is 456 g/mol. The molecule has 0 saturated heterocycles. The second kappa shape index (κ2) is 9.49. The Balaban J connectivity index is 1.83. The number of nitrogen functional groups attached to an aromatic ring is 1. The molecule has 0 aliphatic heterocycles. The van der Waals surface area contributed by atoms with Gasteiger partial charge in [0.1, 0.15) is 5.65 Å². The summed E-state index contributed by atoms with van der Waals surface area (Å²) in [6.07, 6.45) is 5.45. The third kappa shape index (κ3) is 4.68. The van der Waals surface area contributed by atoms with Crippen molar-refractivity contribution in [3.63, 3.8) is 0 Å². The van der Waals surface area contributed by atoms with Gasteiger partial charge in [-0.15, -0.1) is 0 Å². The summed E-state index contributed by atoms with van der Waals surface area (Å²) < 4.78 is 9.32. The van der Waals surface area contributed by atoms with Crippen LogP contribution in [0.4, 0.5) is 5.69 Å². The van der Waals surface area contributed by atoms with E-state index in [1.165, 1.54) is 4.90 Å². The molecule has 2 N–H and O–H groups in total. The molecule has 0 fully saturated rings. The van der Waals surface area contributed by atoms with E-state index in [9.17, 15) is 9.59 Å². The highest BCUT2D eigenvalue weighted by molar-refractivity contribution is 6.01. The number of rotatable bonds is 6. The Morgan fingerprint density at radius 2 is 1.86 bits per heavy atom. The van der Waals surface area contributed by atoms with E-state index in [2.05, 4.69) is 5.10 Å². The number of nitrogens with two attached hydrogens (primary N) is 1. The van der Waals surface area contributed by atoms with Crippen LogP contribution in [0.5, 0.6) is 0 Å². The summed E-state index contributed by atoms with van der Waals surface area (Å²) in [7, 11) is 3.39. The summed E-state index contributed by atoms with van der Waals surface area (Å²) in [6, 6.07) is 9.39. The Bertz CT molecular complexity index is 1440. The second-order valence-corrected chi connectivity index (χ2v) is 9.95. The average Bonchev–Trinajstić information content (AvgIpc) is 3.45. The minimum absolute atomic E-state index is 0.0442. The number of amides is 1. The van der Waals surface area contributed by atoms with Crippen LogP contribution in [0.1, 0.15) is 38.1 Å². The van der Waals surface area contributed by atoms with Crippen LogP contribution in [0.15, 0.2) is 48.9 Å². The predicted octanol–water partition coefficient (Wildman–Crippen LogP) is 4.42. The number of ether oxygens (including phenoxy) is 1. The molecule has 9 nitrogen and oxygen atoms in total. The topological polar surface area (TPSA) is 108 Å². The monoisotopic (exact) mass is 488 g/mol. The van der Waals surface area contributed by atoms with E-state index in [-0.39, 0.29) is 18.6 Å². The van der Waals surface area contributed by atoms with Gasteiger partial charge in [0.15, 0.2) is 6.73 Å². The summed E-state index contributed by atoms with van der Waals surface area (Å²) in [5, 5.41) is 5.30. The molecule has 36 heavy (non-hydrogen) atoms. The van der Waals surface area contributed by atoms with E-state index in [0.29, 0.717) is 23.4 Å². The van der Waals surface area contributed by atoms with Crippen LogP contribution in [0, 0.1) is 5.41 Å². The molecule has 0 saturated carbocycles. The number of aryl methyl sites for hydroxylation is 1. The molecule has 4 aromatic rings. The number of pyridine rings is 1. The van der Waals surface area contributed by atoms with Crippen LogP contribution in [0.25, 0.3) is 33.4 Å². The summed E-state index contributed by atoms with van der Waals surface area (Å²) in [6.45, 7) is 8.24. The number of esters is 1. The lowest BCUT2D eigenvalue weighted by atomic mass is 9.98. The van der Waals surface area contributed by atoms with Crippen molar-refractivity contribution in [2.45, 2.75) is 41.0 Å². The normalized spacial score (nSPS) is 11.6. The van der Waals surface area contributed by atoms with Gasteiger partial charge in [0, 0.05) is 61.4 Å². The lowest BCUT2D eigenvalue weighted by molar-refractivity contribution is -0.156. The first kappa shape index (κ1) is 25.0. The summed E-state index contributed by atoms with van der Waals surface area (Å²) in [4.78, 5) is 31.2. The van der Waals surface area contributed by atoms with Crippen molar-refractivity contribution in [1.29, 1.82) is 0 Å². The van der Waals surface area contributed by atoms with Gasteiger partial charge < -0.3 is 15.4 Å². The van der Waals surface area contributed by atoms with Gasteiger partial charge in [-0.25, -0.2) is 4.98 Å². The number of aromatic nitrogens is 4. The first-order valence-electron chi connectivity index (χ1n) is 11.8. The zero-order valence-corrected chi connectivity index (χ0v) is 21.6. The van der Waals surface area contributed by atoms with Gasteiger partial charge in [-0.3, -0.25) is 18.8 Å². The van der Waals surface area contributed by atoms with Crippen molar-refractivity contribution in [2.75, 3.05) is 19.8 Å². The van der Waals surface area contributed by atoms with Gasteiger partial charge in [0.05, 0.1) is 16.7 Å². The highest BCUT2D eigenvalue weighted by atomic mass is 16.5. The fourth-order valence-corrected chi connectivity index (χ4v) is 3.95. The lowest BCUT2D eigenvalue weighted by Gasteiger charge is -2.17. The first-order chi connectivity index (χ1) is 17.0. The largest absolute Gasteiger partial charge is 0.443 e. The molecule has 0 aliphatic rings. The van der Waals surface area contributed by atoms with E-state index in [0.717, 1.165) is 27.8 Å². The summed E-state index contributed by atoms with van der Waals surface area (Å²) in [5.41, 5.74) is 10.5. The minimum Gasteiger partial charge on any atom is -0.443 e. The highest BCUT2D eigenvalue weighted by Crippen LogP contribution is 2.34. The Labute approximate surface area is 210 Å². The number of hydrogen-bond acceptors (Lipinski definition) is 6. The maximum absolute atomic E-state index is 12.6. The summed E-state index contributed by atoms with van der Waals surface area (Å²) in [5.74, 6) is -0.455. The number of nitrogens with zero attached hydrogens (tertiary/aromatic N) is 5. The summed E-state index contributed by atoms with van der Waals surface area (Å²) >= 11 is 0. The fourth-order valence-electron chi connectivity index (χ4n) is 3.95. The maximum atomic E-state index is 12.6. The molecule has 0 spiro atoms. The number of carbonyl (C=O) groups is 2. The van der Waals surface area contributed by atoms with Gasteiger partial charge in [0.2, 0.25) is 0 Å². The van der Waals surface area contributed by atoms with Gasteiger partial charge in [-0.05, 0) is 57.5 Å². The Morgan fingerprint density at radius 1 is 1.11 bits per heavy atom.